The molecule has 4 aromatic rings. The molecule has 0 fully saturated rings. The number of hydrogen-bond donors (Lipinski definition) is 1. The lowest BCUT2D eigenvalue weighted by Gasteiger charge is -2.34. The number of benzene rings is 4. The Morgan fingerprint density at radius 1 is 0.864 bits per heavy atom. The maximum atomic E-state index is 14.4. The molecule has 0 aliphatic carbocycles. The molecule has 0 spiro atoms. The Balaban J connectivity index is 1.77. The molecule has 0 saturated heterocycles. The first kappa shape index (κ1) is 32.7. The van der Waals surface area contributed by atoms with Gasteiger partial charge in [0.2, 0.25) is 11.8 Å². The van der Waals surface area contributed by atoms with Crippen LogP contribution in [0.25, 0.3) is 0 Å². The number of amides is 2. The average molecular weight is 636 g/mol. The SMILES string of the molecule is CCCCNC(=O)[C@H](Cc1ccccc1)N(Cc1cccc(Cl)c1)C(=O)CN(c1ccccc1)S(=O)(=O)c1ccc(F)cc1. The van der Waals surface area contributed by atoms with E-state index < -0.39 is 34.3 Å². The van der Waals surface area contributed by atoms with Crippen LogP contribution in [0.2, 0.25) is 5.02 Å². The summed E-state index contributed by atoms with van der Waals surface area (Å²) in [5.41, 5.74) is 1.77. The number of anilines is 1. The monoisotopic (exact) mass is 635 g/mol. The summed E-state index contributed by atoms with van der Waals surface area (Å²) in [6, 6.07) is 28.0. The summed E-state index contributed by atoms with van der Waals surface area (Å²) in [7, 11) is -4.30. The number of unbranched alkanes of at least 4 members (excludes halogenated alkanes) is 1. The highest BCUT2D eigenvalue weighted by Gasteiger charge is 2.34. The first-order valence-electron chi connectivity index (χ1n) is 14.4. The molecule has 0 bridgehead atoms. The van der Waals surface area contributed by atoms with Gasteiger partial charge in [0, 0.05) is 24.5 Å². The molecule has 0 aromatic heterocycles. The standard InChI is InChI=1S/C34H35ClFN3O4S/c1-2-3-21-37-34(41)32(23-26-11-6-4-7-12-26)38(24-27-13-10-14-28(35)22-27)33(40)25-39(30-15-8-5-9-16-30)44(42,43)31-19-17-29(36)18-20-31/h4-20,22,32H,2-3,21,23-25H2,1H3,(H,37,41)/t32-/m0/s1. The van der Waals surface area contributed by atoms with Crippen molar-refractivity contribution in [2.75, 3.05) is 17.4 Å². The quantitative estimate of drug-likeness (QED) is 0.166. The maximum Gasteiger partial charge on any atom is 0.264 e. The third-order valence-corrected chi connectivity index (χ3v) is 9.09. The van der Waals surface area contributed by atoms with Crippen molar-refractivity contribution in [3.8, 4) is 0 Å². The van der Waals surface area contributed by atoms with Gasteiger partial charge in [0.1, 0.15) is 18.4 Å². The van der Waals surface area contributed by atoms with E-state index in [0.717, 1.165) is 47.0 Å². The lowest BCUT2D eigenvalue weighted by Crippen LogP contribution is -2.53. The predicted octanol–water partition coefficient (Wildman–Crippen LogP) is 6.23. The van der Waals surface area contributed by atoms with E-state index in [1.54, 1.807) is 54.6 Å². The zero-order chi connectivity index (χ0) is 31.5. The van der Waals surface area contributed by atoms with Crippen LogP contribution in [0.1, 0.15) is 30.9 Å². The lowest BCUT2D eigenvalue weighted by molar-refractivity contribution is -0.140. The number of para-hydroxylation sites is 1. The molecule has 0 aliphatic heterocycles. The Morgan fingerprint density at radius 2 is 1.50 bits per heavy atom. The molecule has 0 heterocycles. The second-order valence-corrected chi connectivity index (χ2v) is 12.6. The predicted molar refractivity (Wildman–Crippen MR) is 171 cm³/mol. The Morgan fingerprint density at radius 3 is 2.14 bits per heavy atom. The molecule has 1 N–H and O–H groups in total. The minimum absolute atomic E-state index is 0.0112. The van der Waals surface area contributed by atoms with Gasteiger partial charge >= 0.3 is 0 Å². The van der Waals surface area contributed by atoms with Crippen LogP contribution in [0.4, 0.5) is 10.1 Å². The Hall–Kier alpha value is -4.21. The van der Waals surface area contributed by atoms with Gasteiger partial charge < -0.3 is 10.2 Å². The van der Waals surface area contributed by atoms with Gasteiger partial charge in [-0.05, 0) is 66.1 Å². The summed E-state index contributed by atoms with van der Waals surface area (Å²) >= 11 is 6.27. The molecule has 4 aromatic carbocycles. The van der Waals surface area contributed by atoms with Crippen LogP contribution in [0.5, 0.6) is 0 Å². The fourth-order valence-electron chi connectivity index (χ4n) is 4.75. The molecule has 44 heavy (non-hydrogen) atoms. The molecule has 0 radical (unpaired) electrons. The maximum absolute atomic E-state index is 14.4. The van der Waals surface area contributed by atoms with Crippen LogP contribution in [-0.4, -0.2) is 44.3 Å². The molecule has 0 aliphatic rings. The van der Waals surface area contributed by atoms with Crippen LogP contribution in [-0.2, 0) is 32.6 Å². The van der Waals surface area contributed by atoms with Gasteiger partial charge in [0.25, 0.3) is 10.0 Å². The fraction of sp³-hybridized carbons (Fsp3) is 0.235. The van der Waals surface area contributed by atoms with Gasteiger partial charge in [-0.15, -0.1) is 0 Å². The largest absolute Gasteiger partial charge is 0.354 e. The van der Waals surface area contributed by atoms with Gasteiger partial charge in [-0.1, -0.05) is 85.6 Å². The molecule has 7 nitrogen and oxygen atoms in total. The lowest BCUT2D eigenvalue weighted by atomic mass is 10.0. The van der Waals surface area contributed by atoms with E-state index in [-0.39, 0.29) is 29.5 Å². The van der Waals surface area contributed by atoms with Crippen molar-refractivity contribution in [2.24, 2.45) is 0 Å². The van der Waals surface area contributed by atoms with Crippen LogP contribution < -0.4 is 9.62 Å². The van der Waals surface area contributed by atoms with Gasteiger partial charge in [-0.25, -0.2) is 12.8 Å². The number of sulfonamides is 1. The van der Waals surface area contributed by atoms with E-state index in [2.05, 4.69) is 5.32 Å². The first-order valence-corrected chi connectivity index (χ1v) is 16.2. The number of rotatable bonds is 14. The molecule has 4 rings (SSSR count). The smallest absolute Gasteiger partial charge is 0.264 e. The third-order valence-electron chi connectivity index (χ3n) is 7.07. The van der Waals surface area contributed by atoms with Gasteiger partial charge in [-0.2, -0.15) is 0 Å². The highest BCUT2D eigenvalue weighted by molar-refractivity contribution is 7.92. The number of halogens is 2. The van der Waals surface area contributed by atoms with Crippen LogP contribution in [0.3, 0.4) is 0 Å². The van der Waals surface area contributed by atoms with E-state index in [1.807, 2.05) is 37.3 Å². The van der Waals surface area contributed by atoms with Gasteiger partial charge in [0.05, 0.1) is 10.6 Å². The summed E-state index contributed by atoms with van der Waals surface area (Å²) in [4.78, 5) is 29.3. The minimum Gasteiger partial charge on any atom is -0.354 e. The number of hydrogen-bond acceptors (Lipinski definition) is 4. The number of carbonyl (C=O) groups excluding carboxylic acids is 2. The fourth-order valence-corrected chi connectivity index (χ4v) is 6.38. The second-order valence-electron chi connectivity index (χ2n) is 10.3. The summed E-state index contributed by atoms with van der Waals surface area (Å²) < 4.78 is 42.5. The molecule has 2 amide bonds. The van der Waals surface area contributed by atoms with Crippen molar-refractivity contribution >= 4 is 39.1 Å². The van der Waals surface area contributed by atoms with E-state index in [4.69, 9.17) is 11.6 Å². The van der Waals surface area contributed by atoms with Crippen molar-refractivity contribution in [1.82, 2.24) is 10.2 Å². The van der Waals surface area contributed by atoms with E-state index in [9.17, 15) is 22.4 Å². The third kappa shape index (κ3) is 8.67. The number of nitrogens with zero attached hydrogens (tertiary/aromatic N) is 2. The zero-order valence-corrected chi connectivity index (χ0v) is 26.0. The van der Waals surface area contributed by atoms with Crippen LogP contribution in [0, 0.1) is 5.82 Å². The summed E-state index contributed by atoms with van der Waals surface area (Å²) in [5.74, 6) is -1.52. The normalized spacial score (nSPS) is 11.9. The molecule has 10 heteroatoms. The van der Waals surface area contributed by atoms with E-state index >= 15 is 0 Å². The molecular weight excluding hydrogens is 601 g/mol. The average Bonchev–Trinajstić information content (AvgIpc) is 3.02. The van der Waals surface area contributed by atoms with Crippen molar-refractivity contribution in [3.05, 3.63) is 131 Å². The van der Waals surface area contributed by atoms with Gasteiger partial charge in [0.15, 0.2) is 0 Å². The highest BCUT2D eigenvalue weighted by atomic mass is 35.5. The topological polar surface area (TPSA) is 86.8 Å². The van der Waals surface area contributed by atoms with E-state index in [0.29, 0.717) is 17.1 Å². The Bertz CT molecular complexity index is 1640. The summed E-state index contributed by atoms with van der Waals surface area (Å²) in [6.07, 6.45) is 1.85. The molecule has 230 valence electrons. The summed E-state index contributed by atoms with van der Waals surface area (Å²) in [6.45, 7) is 1.87. The van der Waals surface area contributed by atoms with Crippen molar-refractivity contribution in [1.29, 1.82) is 0 Å². The van der Waals surface area contributed by atoms with E-state index in [1.165, 1.54) is 4.90 Å². The molecule has 1 atom stereocenters. The number of carbonyl (C=O) groups is 2. The Labute approximate surface area is 263 Å². The van der Waals surface area contributed by atoms with Crippen LogP contribution >= 0.6 is 11.6 Å². The van der Waals surface area contributed by atoms with Crippen molar-refractivity contribution in [3.63, 3.8) is 0 Å². The van der Waals surface area contributed by atoms with Gasteiger partial charge in [-0.3, -0.25) is 13.9 Å². The number of nitrogens with one attached hydrogen (secondary N) is 1. The van der Waals surface area contributed by atoms with Crippen molar-refractivity contribution < 1.29 is 22.4 Å². The summed E-state index contributed by atoms with van der Waals surface area (Å²) in [5, 5.41) is 3.42. The first-order chi connectivity index (χ1) is 21.2. The van der Waals surface area contributed by atoms with Crippen LogP contribution in [0.15, 0.2) is 114 Å². The second kappa shape index (κ2) is 15.5. The Kier molecular flexibility index (Phi) is 11.5. The van der Waals surface area contributed by atoms with Crippen molar-refractivity contribution in [2.45, 2.75) is 43.7 Å². The molecule has 0 saturated carbocycles. The zero-order valence-electron chi connectivity index (χ0n) is 24.4. The molecule has 0 unspecified atom stereocenters. The minimum atomic E-state index is -4.30. The highest BCUT2D eigenvalue weighted by Crippen LogP contribution is 2.25. The molecular formula is C34H35ClFN3O4S.